The number of unbranched alkanes of at least 4 members (excludes halogenated alkanes) is 2. The summed E-state index contributed by atoms with van der Waals surface area (Å²) in [4.78, 5) is 25.8. The summed E-state index contributed by atoms with van der Waals surface area (Å²) in [5, 5.41) is 2.46. The van der Waals surface area contributed by atoms with Gasteiger partial charge >= 0.3 is 0 Å². The van der Waals surface area contributed by atoms with Crippen molar-refractivity contribution in [2.24, 2.45) is 0 Å². The molecule has 1 aromatic heterocycles. The van der Waals surface area contributed by atoms with Crippen molar-refractivity contribution >= 4 is 28.8 Å². The Balaban J connectivity index is 0.000000185. The summed E-state index contributed by atoms with van der Waals surface area (Å²) >= 11 is 0. The van der Waals surface area contributed by atoms with Crippen molar-refractivity contribution in [2.45, 2.75) is 26.2 Å². The van der Waals surface area contributed by atoms with Crippen molar-refractivity contribution in [3.63, 3.8) is 0 Å². The van der Waals surface area contributed by atoms with Crippen LogP contribution in [0.25, 0.3) is 0 Å². The first-order chi connectivity index (χ1) is 12.0. The maximum absolute atomic E-state index is 11.0. The molecule has 3 rings (SSSR count). The average molecular weight is 342 g/mol. The lowest BCUT2D eigenvalue weighted by Gasteiger charge is -2.07. The molecule has 0 saturated carbocycles. The number of Topliss-reactive ketones (excluding diaryl/α,β-unsaturated/α-hetero) is 1. The fourth-order valence-electron chi connectivity index (χ4n) is 2.22. The lowest BCUT2D eigenvalue weighted by Crippen LogP contribution is -2.12. The normalized spacial score (nSPS) is 12.0. The lowest BCUT2D eigenvalue weighted by molar-refractivity contribution is -0.112. The number of nitrogens with two attached hydrogens (primary N) is 2. The van der Waals surface area contributed by atoms with Crippen LogP contribution in [0.5, 0.6) is 5.88 Å². The second-order valence-electron chi connectivity index (χ2n) is 5.55. The van der Waals surface area contributed by atoms with E-state index in [1.807, 2.05) is 0 Å². The molecule has 0 aliphatic carbocycles. The largest absolute Gasteiger partial charge is 0.476 e. The molecule has 0 spiro atoms. The Bertz CT molecular complexity index is 762. The van der Waals surface area contributed by atoms with E-state index in [0.29, 0.717) is 35.1 Å². The molecule has 132 valence electrons. The van der Waals surface area contributed by atoms with E-state index < -0.39 is 11.7 Å². The minimum atomic E-state index is -0.536. The van der Waals surface area contributed by atoms with Crippen LogP contribution in [-0.4, -0.2) is 23.3 Å². The van der Waals surface area contributed by atoms with Crippen LogP contribution in [-0.2, 0) is 4.79 Å². The number of carbonyl (C=O) groups is 2. The number of nitrogen functional groups attached to an aromatic ring is 2. The summed E-state index contributed by atoms with van der Waals surface area (Å²) in [5.41, 5.74) is 13.3. The van der Waals surface area contributed by atoms with Crippen LogP contribution in [0.2, 0.25) is 0 Å². The molecule has 1 aromatic carbocycles. The van der Waals surface area contributed by atoms with E-state index >= 15 is 0 Å². The Morgan fingerprint density at radius 2 is 1.92 bits per heavy atom. The molecule has 0 radical (unpaired) electrons. The van der Waals surface area contributed by atoms with Gasteiger partial charge in [0.25, 0.3) is 11.7 Å². The van der Waals surface area contributed by atoms with Crippen molar-refractivity contribution in [3.8, 4) is 5.88 Å². The Kier molecular flexibility index (Phi) is 6.33. The fraction of sp³-hybridized carbons (Fsp3) is 0.278. The number of rotatable bonds is 5. The summed E-state index contributed by atoms with van der Waals surface area (Å²) < 4.78 is 5.40. The van der Waals surface area contributed by atoms with Gasteiger partial charge in [-0.05, 0) is 24.6 Å². The highest BCUT2D eigenvalue weighted by molar-refractivity contribution is 6.51. The van der Waals surface area contributed by atoms with Crippen LogP contribution in [0.1, 0.15) is 36.5 Å². The number of hydrogen-bond acceptors (Lipinski definition) is 6. The fourth-order valence-corrected chi connectivity index (χ4v) is 2.22. The average Bonchev–Trinajstić information content (AvgIpc) is 2.89. The molecule has 1 aliphatic rings. The summed E-state index contributed by atoms with van der Waals surface area (Å²) in [6.45, 7) is 2.81. The third-order valence-electron chi connectivity index (χ3n) is 3.51. The molecule has 2 aromatic rings. The molecule has 25 heavy (non-hydrogen) atoms. The summed E-state index contributed by atoms with van der Waals surface area (Å²) in [6.07, 6.45) is 4.91. The Labute approximate surface area is 146 Å². The van der Waals surface area contributed by atoms with Gasteiger partial charge in [-0.25, -0.2) is 4.98 Å². The van der Waals surface area contributed by atoms with E-state index in [0.717, 1.165) is 12.8 Å². The van der Waals surface area contributed by atoms with Gasteiger partial charge in [-0.15, -0.1) is 0 Å². The molecule has 0 bridgehead atoms. The van der Waals surface area contributed by atoms with Gasteiger partial charge < -0.3 is 21.5 Å². The van der Waals surface area contributed by atoms with Crippen LogP contribution in [0.3, 0.4) is 0 Å². The molecule has 0 unspecified atom stereocenters. The number of fused-ring (bicyclic) bond motifs is 1. The standard InChI is InChI=1S/C10H17N3O.C8H5NO2/c1-2-3-4-5-14-10-9(12)6-8(11)7-13-10;10-7-5-3-1-2-4-6(5)9-8(7)11/h6-7H,2-5,11-12H2,1H3;1-4H,(H,9,10,11). The second-order valence-corrected chi connectivity index (χ2v) is 5.55. The maximum Gasteiger partial charge on any atom is 0.296 e. The highest BCUT2D eigenvalue weighted by Gasteiger charge is 2.26. The van der Waals surface area contributed by atoms with Gasteiger partial charge in [0, 0.05) is 0 Å². The third kappa shape index (κ3) is 4.94. The molecular weight excluding hydrogens is 320 g/mol. The molecule has 2 heterocycles. The monoisotopic (exact) mass is 342 g/mol. The van der Waals surface area contributed by atoms with E-state index in [1.54, 1.807) is 36.5 Å². The molecule has 1 amide bonds. The van der Waals surface area contributed by atoms with E-state index in [4.69, 9.17) is 16.2 Å². The predicted molar refractivity (Wildman–Crippen MR) is 97.5 cm³/mol. The highest BCUT2D eigenvalue weighted by atomic mass is 16.5. The van der Waals surface area contributed by atoms with Gasteiger partial charge in [0.15, 0.2) is 0 Å². The smallest absolute Gasteiger partial charge is 0.296 e. The number of hydrogen-bond donors (Lipinski definition) is 3. The van der Waals surface area contributed by atoms with Gasteiger partial charge in [0.05, 0.1) is 35.4 Å². The summed E-state index contributed by atoms with van der Waals surface area (Å²) in [6, 6.07) is 8.50. The predicted octanol–water partition coefficient (Wildman–Crippen LogP) is 2.64. The van der Waals surface area contributed by atoms with Crippen LogP contribution in [0, 0.1) is 0 Å². The molecule has 7 nitrogen and oxygen atoms in total. The third-order valence-corrected chi connectivity index (χ3v) is 3.51. The number of pyridine rings is 1. The lowest BCUT2D eigenvalue weighted by atomic mass is 10.1. The van der Waals surface area contributed by atoms with E-state index in [2.05, 4.69) is 17.2 Å². The molecule has 0 fully saturated rings. The summed E-state index contributed by atoms with van der Waals surface area (Å²) in [7, 11) is 0. The van der Waals surface area contributed by atoms with Crippen molar-refractivity contribution in [3.05, 3.63) is 42.1 Å². The Morgan fingerprint density at radius 3 is 2.60 bits per heavy atom. The summed E-state index contributed by atoms with van der Waals surface area (Å²) in [5.74, 6) is -0.498. The van der Waals surface area contributed by atoms with Crippen molar-refractivity contribution in [1.82, 2.24) is 4.98 Å². The SMILES string of the molecule is CCCCCOc1ncc(N)cc1N.O=C1Nc2ccccc2C1=O. The molecule has 0 saturated heterocycles. The number of anilines is 3. The quantitative estimate of drug-likeness (QED) is 0.567. The number of ketones is 1. The number of ether oxygens (including phenoxy) is 1. The van der Waals surface area contributed by atoms with Gasteiger partial charge in [0.2, 0.25) is 5.88 Å². The molecule has 5 N–H and O–H groups in total. The van der Waals surface area contributed by atoms with Crippen LogP contribution in [0.4, 0.5) is 17.1 Å². The van der Waals surface area contributed by atoms with Crippen molar-refractivity contribution in [1.29, 1.82) is 0 Å². The first-order valence-corrected chi connectivity index (χ1v) is 8.11. The molecule has 7 heteroatoms. The van der Waals surface area contributed by atoms with Gasteiger partial charge in [-0.1, -0.05) is 31.9 Å². The van der Waals surface area contributed by atoms with E-state index in [1.165, 1.54) is 6.42 Å². The van der Waals surface area contributed by atoms with E-state index in [9.17, 15) is 9.59 Å². The van der Waals surface area contributed by atoms with Gasteiger partial charge in [-0.3, -0.25) is 9.59 Å². The number of amides is 1. The zero-order valence-electron chi connectivity index (χ0n) is 14.1. The first kappa shape index (κ1) is 18.3. The van der Waals surface area contributed by atoms with Crippen LogP contribution >= 0.6 is 0 Å². The molecule has 1 aliphatic heterocycles. The Hall–Kier alpha value is -3.09. The van der Waals surface area contributed by atoms with Crippen LogP contribution < -0.4 is 21.5 Å². The topological polar surface area (TPSA) is 120 Å². The van der Waals surface area contributed by atoms with Crippen molar-refractivity contribution in [2.75, 3.05) is 23.4 Å². The Morgan fingerprint density at radius 1 is 1.16 bits per heavy atom. The van der Waals surface area contributed by atoms with Gasteiger partial charge in [0.1, 0.15) is 0 Å². The minimum Gasteiger partial charge on any atom is -0.476 e. The van der Waals surface area contributed by atoms with E-state index in [-0.39, 0.29) is 0 Å². The molecular formula is C18H22N4O3. The molecule has 0 atom stereocenters. The zero-order chi connectivity index (χ0) is 18.2. The number of nitrogens with zero attached hydrogens (tertiary/aromatic N) is 1. The van der Waals surface area contributed by atoms with Crippen LogP contribution in [0.15, 0.2) is 36.5 Å². The first-order valence-electron chi connectivity index (χ1n) is 8.11. The zero-order valence-corrected chi connectivity index (χ0v) is 14.1. The minimum absolute atomic E-state index is 0.444. The maximum atomic E-state index is 11.0. The van der Waals surface area contributed by atoms with Crippen molar-refractivity contribution < 1.29 is 14.3 Å². The number of benzene rings is 1. The number of para-hydroxylation sites is 1. The second kappa shape index (κ2) is 8.68. The van der Waals surface area contributed by atoms with Gasteiger partial charge in [-0.2, -0.15) is 0 Å². The number of aromatic nitrogens is 1. The number of nitrogens with one attached hydrogen (secondary N) is 1. The number of carbonyl (C=O) groups excluding carboxylic acids is 2. The highest BCUT2D eigenvalue weighted by Crippen LogP contribution is 2.21.